The second-order valence-electron chi connectivity index (χ2n) is 6.87. The van der Waals surface area contributed by atoms with Crippen LogP contribution < -0.4 is 10.5 Å². The molecule has 0 atom stereocenters. The van der Waals surface area contributed by atoms with E-state index in [1.807, 2.05) is 12.1 Å². The van der Waals surface area contributed by atoms with Gasteiger partial charge < -0.3 is 14.4 Å². The number of piperazine rings is 1. The normalized spacial score (nSPS) is 14.2. The molecule has 2 aromatic carbocycles. The minimum absolute atomic E-state index is 0.0424. The summed E-state index contributed by atoms with van der Waals surface area (Å²) in [6.45, 7) is 2.01. The zero-order valence-electron chi connectivity index (χ0n) is 15.8. The topological polar surface area (TPSA) is 102 Å². The van der Waals surface area contributed by atoms with Crippen LogP contribution in [-0.4, -0.2) is 51.5 Å². The van der Waals surface area contributed by atoms with Crippen molar-refractivity contribution >= 4 is 28.3 Å². The average Bonchev–Trinajstić information content (AvgIpc) is 2.76. The first kappa shape index (κ1) is 18.6. The van der Waals surface area contributed by atoms with E-state index in [2.05, 4.69) is 9.88 Å². The number of non-ortho nitro benzene ring substituents is 1. The molecule has 1 fully saturated rings. The van der Waals surface area contributed by atoms with Crippen molar-refractivity contribution in [3.8, 4) is 0 Å². The van der Waals surface area contributed by atoms with Crippen molar-refractivity contribution in [2.75, 3.05) is 31.1 Å². The number of carbonyl (C=O) groups excluding carboxylic acids is 1. The predicted octanol–water partition coefficient (Wildman–Crippen LogP) is 1.80. The molecule has 4 rings (SSSR count). The van der Waals surface area contributed by atoms with Crippen molar-refractivity contribution < 1.29 is 9.72 Å². The number of aromatic nitrogens is 2. The Kier molecular flexibility index (Phi) is 4.71. The van der Waals surface area contributed by atoms with Gasteiger partial charge in [0.25, 0.3) is 17.2 Å². The van der Waals surface area contributed by atoms with E-state index in [1.54, 1.807) is 36.2 Å². The maximum Gasteiger partial charge on any atom is 0.282 e. The van der Waals surface area contributed by atoms with Gasteiger partial charge in [0.2, 0.25) is 0 Å². The summed E-state index contributed by atoms with van der Waals surface area (Å²) in [7, 11) is 1.63. The third kappa shape index (κ3) is 3.42. The Hall–Kier alpha value is -3.75. The fraction of sp³-hybridized carbons (Fsp3) is 0.250. The second-order valence-corrected chi connectivity index (χ2v) is 6.87. The molecular weight excluding hydrogens is 374 g/mol. The highest BCUT2D eigenvalue weighted by atomic mass is 16.6. The van der Waals surface area contributed by atoms with Crippen LogP contribution in [0.4, 0.5) is 11.4 Å². The molecule has 3 aromatic rings. The maximum atomic E-state index is 12.9. The molecule has 0 radical (unpaired) electrons. The van der Waals surface area contributed by atoms with E-state index in [-0.39, 0.29) is 17.3 Å². The number of aryl methyl sites for hydroxylation is 1. The minimum Gasteiger partial charge on any atom is -0.368 e. The van der Waals surface area contributed by atoms with Crippen LogP contribution in [0.2, 0.25) is 0 Å². The third-order valence-electron chi connectivity index (χ3n) is 5.18. The highest BCUT2D eigenvalue weighted by Crippen LogP contribution is 2.21. The summed E-state index contributed by atoms with van der Waals surface area (Å²) in [6.07, 6.45) is 0. The van der Waals surface area contributed by atoms with Gasteiger partial charge in [0.05, 0.1) is 16.0 Å². The highest BCUT2D eigenvalue weighted by molar-refractivity contribution is 5.94. The Bertz CT molecular complexity index is 1150. The SMILES string of the molecule is Cn1c(=O)c(C(=O)N2CCN(c3ccc([N+](=O)[O-])cc3)CC2)nc2ccccc21. The van der Waals surface area contributed by atoms with Gasteiger partial charge in [-0.1, -0.05) is 12.1 Å². The van der Waals surface area contributed by atoms with Crippen LogP contribution in [0.25, 0.3) is 11.0 Å². The van der Waals surface area contributed by atoms with Gasteiger partial charge in [0, 0.05) is 51.0 Å². The zero-order chi connectivity index (χ0) is 20.5. The molecule has 0 saturated carbocycles. The first-order chi connectivity index (χ1) is 14.0. The number of rotatable bonds is 3. The Balaban J connectivity index is 1.51. The summed E-state index contributed by atoms with van der Waals surface area (Å²) in [5.41, 5.74) is 1.70. The largest absolute Gasteiger partial charge is 0.368 e. The molecule has 9 heteroatoms. The van der Waals surface area contributed by atoms with Crippen LogP contribution in [0.15, 0.2) is 53.3 Å². The number of carbonyl (C=O) groups is 1. The Morgan fingerprint density at radius 1 is 1.03 bits per heavy atom. The number of fused-ring (bicyclic) bond motifs is 1. The van der Waals surface area contributed by atoms with E-state index >= 15 is 0 Å². The first-order valence-electron chi connectivity index (χ1n) is 9.20. The smallest absolute Gasteiger partial charge is 0.282 e. The number of hydrogen-bond acceptors (Lipinski definition) is 6. The molecule has 0 N–H and O–H groups in total. The van der Waals surface area contributed by atoms with E-state index in [4.69, 9.17) is 0 Å². The molecule has 0 unspecified atom stereocenters. The lowest BCUT2D eigenvalue weighted by atomic mass is 10.2. The maximum absolute atomic E-state index is 12.9. The highest BCUT2D eigenvalue weighted by Gasteiger charge is 2.26. The number of nitrogens with zero attached hydrogens (tertiary/aromatic N) is 5. The van der Waals surface area contributed by atoms with E-state index in [0.29, 0.717) is 37.2 Å². The molecule has 148 valence electrons. The lowest BCUT2D eigenvalue weighted by Gasteiger charge is -2.35. The first-order valence-corrected chi connectivity index (χ1v) is 9.20. The number of amides is 1. The molecule has 1 aliphatic rings. The summed E-state index contributed by atoms with van der Waals surface area (Å²) in [5.74, 6) is -0.375. The van der Waals surface area contributed by atoms with Crippen LogP contribution >= 0.6 is 0 Å². The van der Waals surface area contributed by atoms with E-state index in [1.165, 1.54) is 16.7 Å². The van der Waals surface area contributed by atoms with Crippen LogP contribution in [0, 0.1) is 10.1 Å². The average molecular weight is 393 g/mol. The Labute approximate surface area is 165 Å². The standard InChI is InChI=1S/C20H19N5O4/c1-22-17-5-3-2-4-16(17)21-18(19(22)26)20(27)24-12-10-23(11-13-24)14-6-8-15(9-7-14)25(28)29/h2-9H,10-13H2,1H3. The van der Waals surface area contributed by atoms with Crippen molar-refractivity contribution in [3.05, 3.63) is 74.7 Å². The molecule has 9 nitrogen and oxygen atoms in total. The molecule has 0 bridgehead atoms. The number of anilines is 1. The van der Waals surface area contributed by atoms with E-state index in [9.17, 15) is 19.7 Å². The van der Waals surface area contributed by atoms with E-state index < -0.39 is 10.5 Å². The molecule has 1 aromatic heterocycles. The summed E-state index contributed by atoms with van der Waals surface area (Å²) >= 11 is 0. The van der Waals surface area contributed by atoms with Crippen LogP contribution in [-0.2, 0) is 7.05 Å². The van der Waals surface area contributed by atoms with Gasteiger partial charge in [-0.2, -0.15) is 0 Å². The summed E-state index contributed by atoms with van der Waals surface area (Å²) in [4.78, 5) is 43.9. The van der Waals surface area contributed by atoms with Crippen molar-refractivity contribution in [3.63, 3.8) is 0 Å². The van der Waals surface area contributed by atoms with Crippen molar-refractivity contribution in [2.24, 2.45) is 7.05 Å². The predicted molar refractivity (Wildman–Crippen MR) is 108 cm³/mol. The van der Waals surface area contributed by atoms with Gasteiger partial charge in [-0.25, -0.2) is 4.98 Å². The number of para-hydroxylation sites is 2. The van der Waals surface area contributed by atoms with Gasteiger partial charge in [0.15, 0.2) is 5.69 Å². The molecule has 0 aliphatic carbocycles. The number of nitro benzene ring substituents is 1. The zero-order valence-corrected chi connectivity index (χ0v) is 15.8. The lowest BCUT2D eigenvalue weighted by molar-refractivity contribution is -0.384. The molecule has 1 aliphatic heterocycles. The van der Waals surface area contributed by atoms with Crippen LogP contribution in [0.5, 0.6) is 0 Å². The monoisotopic (exact) mass is 393 g/mol. The van der Waals surface area contributed by atoms with Gasteiger partial charge in [0.1, 0.15) is 0 Å². The van der Waals surface area contributed by atoms with Crippen molar-refractivity contribution in [1.29, 1.82) is 0 Å². The fourth-order valence-corrected chi connectivity index (χ4v) is 3.52. The summed E-state index contributed by atoms with van der Waals surface area (Å²) < 4.78 is 1.45. The number of nitro groups is 1. The van der Waals surface area contributed by atoms with Crippen LogP contribution in [0.1, 0.15) is 10.5 Å². The summed E-state index contributed by atoms with van der Waals surface area (Å²) in [6, 6.07) is 13.6. The van der Waals surface area contributed by atoms with Gasteiger partial charge >= 0.3 is 0 Å². The minimum atomic E-state index is -0.433. The fourth-order valence-electron chi connectivity index (χ4n) is 3.52. The molecular formula is C20H19N5O4. The van der Waals surface area contributed by atoms with Gasteiger partial charge in [-0.05, 0) is 24.3 Å². The molecule has 1 saturated heterocycles. The number of benzene rings is 2. The van der Waals surface area contributed by atoms with Gasteiger partial charge in [-0.15, -0.1) is 0 Å². The lowest BCUT2D eigenvalue weighted by Crippen LogP contribution is -2.50. The number of hydrogen-bond donors (Lipinski definition) is 0. The van der Waals surface area contributed by atoms with Crippen LogP contribution in [0.3, 0.4) is 0 Å². The van der Waals surface area contributed by atoms with Crippen molar-refractivity contribution in [2.45, 2.75) is 0 Å². The second kappa shape index (κ2) is 7.34. The molecule has 2 heterocycles. The molecule has 0 spiro atoms. The van der Waals surface area contributed by atoms with Gasteiger partial charge in [-0.3, -0.25) is 19.7 Å². The summed E-state index contributed by atoms with van der Waals surface area (Å²) in [5, 5.41) is 10.8. The molecule has 29 heavy (non-hydrogen) atoms. The quantitative estimate of drug-likeness (QED) is 0.497. The third-order valence-corrected chi connectivity index (χ3v) is 5.18. The van der Waals surface area contributed by atoms with E-state index in [0.717, 1.165) is 5.69 Å². The molecule has 1 amide bonds. The Morgan fingerprint density at radius 2 is 1.69 bits per heavy atom. The Morgan fingerprint density at radius 3 is 2.34 bits per heavy atom. The van der Waals surface area contributed by atoms with Crippen molar-refractivity contribution in [1.82, 2.24) is 14.5 Å².